The third kappa shape index (κ3) is 2.66. The minimum Gasteiger partial charge on any atom is -0.478 e. The Labute approximate surface area is 99.3 Å². The zero-order chi connectivity index (χ0) is 12.3. The topological polar surface area (TPSA) is 65.1 Å². The highest BCUT2D eigenvalue weighted by molar-refractivity contribution is 5.88. The average molecular weight is 230 g/mol. The molecule has 2 rings (SSSR count). The van der Waals surface area contributed by atoms with Crippen molar-refractivity contribution >= 4 is 11.7 Å². The van der Waals surface area contributed by atoms with E-state index in [-0.39, 0.29) is 0 Å². The molecule has 0 aliphatic rings. The van der Waals surface area contributed by atoms with Gasteiger partial charge in [-0.2, -0.15) is 0 Å². The van der Waals surface area contributed by atoms with Crippen LogP contribution in [-0.4, -0.2) is 16.1 Å². The fourth-order valence-electron chi connectivity index (χ4n) is 1.66. The molecule has 0 spiro atoms. The van der Waals surface area contributed by atoms with Crippen LogP contribution in [0.25, 0.3) is 0 Å². The minimum atomic E-state index is -0.898. The van der Waals surface area contributed by atoms with Crippen molar-refractivity contribution in [2.24, 2.45) is 0 Å². The molecule has 0 radical (unpaired) electrons. The van der Waals surface area contributed by atoms with Gasteiger partial charge < -0.3 is 15.4 Å². The maximum Gasteiger partial charge on any atom is 0.335 e. The smallest absolute Gasteiger partial charge is 0.335 e. The molecule has 1 heterocycles. The van der Waals surface area contributed by atoms with Gasteiger partial charge in [0, 0.05) is 24.6 Å². The molecule has 4 heteroatoms. The van der Waals surface area contributed by atoms with E-state index in [2.05, 4.69) is 10.3 Å². The van der Waals surface area contributed by atoms with Gasteiger partial charge in [0.05, 0.1) is 5.56 Å². The molecule has 3 N–H and O–H groups in total. The Kier molecular flexibility index (Phi) is 3.14. The molecule has 2 aromatic rings. The SMILES string of the molecule is Cc1cc(C(=O)O)ccc1NCc1cc[nH]c1. The van der Waals surface area contributed by atoms with Crippen LogP contribution in [0.4, 0.5) is 5.69 Å². The van der Waals surface area contributed by atoms with E-state index in [4.69, 9.17) is 5.11 Å². The minimum absolute atomic E-state index is 0.315. The Morgan fingerprint density at radius 3 is 2.82 bits per heavy atom. The summed E-state index contributed by atoms with van der Waals surface area (Å²) in [6, 6.07) is 7.07. The van der Waals surface area contributed by atoms with E-state index in [1.54, 1.807) is 18.2 Å². The van der Waals surface area contributed by atoms with Crippen LogP contribution >= 0.6 is 0 Å². The van der Waals surface area contributed by atoms with Crippen molar-refractivity contribution in [2.45, 2.75) is 13.5 Å². The van der Waals surface area contributed by atoms with Crippen molar-refractivity contribution in [1.82, 2.24) is 4.98 Å². The number of hydrogen-bond donors (Lipinski definition) is 3. The van der Waals surface area contributed by atoms with Crippen LogP contribution in [0, 0.1) is 6.92 Å². The number of aromatic amines is 1. The molecule has 0 saturated carbocycles. The summed E-state index contributed by atoms with van der Waals surface area (Å²) in [7, 11) is 0. The normalized spacial score (nSPS) is 10.2. The molecule has 0 saturated heterocycles. The number of hydrogen-bond acceptors (Lipinski definition) is 2. The number of benzene rings is 1. The summed E-state index contributed by atoms with van der Waals surface area (Å²) in [4.78, 5) is 13.8. The van der Waals surface area contributed by atoms with E-state index in [1.807, 2.05) is 25.4 Å². The van der Waals surface area contributed by atoms with Gasteiger partial charge in [-0.25, -0.2) is 4.79 Å². The van der Waals surface area contributed by atoms with Gasteiger partial charge in [0.15, 0.2) is 0 Å². The number of carboxylic acids is 1. The first-order chi connectivity index (χ1) is 8.16. The number of anilines is 1. The van der Waals surface area contributed by atoms with E-state index in [1.165, 1.54) is 0 Å². The Morgan fingerprint density at radius 2 is 2.24 bits per heavy atom. The van der Waals surface area contributed by atoms with Gasteiger partial charge in [0.2, 0.25) is 0 Å². The average Bonchev–Trinajstić information content (AvgIpc) is 2.80. The second kappa shape index (κ2) is 4.74. The number of rotatable bonds is 4. The lowest BCUT2D eigenvalue weighted by Gasteiger charge is -2.09. The van der Waals surface area contributed by atoms with E-state index in [0.29, 0.717) is 5.56 Å². The van der Waals surface area contributed by atoms with Gasteiger partial charge in [0.25, 0.3) is 0 Å². The van der Waals surface area contributed by atoms with Crippen molar-refractivity contribution in [2.75, 3.05) is 5.32 Å². The summed E-state index contributed by atoms with van der Waals surface area (Å²) < 4.78 is 0. The largest absolute Gasteiger partial charge is 0.478 e. The van der Waals surface area contributed by atoms with E-state index in [0.717, 1.165) is 23.4 Å². The summed E-state index contributed by atoms with van der Waals surface area (Å²) in [5.41, 5.74) is 3.36. The van der Waals surface area contributed by atoms with Crippen LogP contribution in [-0.2, 0) is 6.54 Å². The molecule has 0 atom stereocenters. The molecule has 88 valence electrons. The third-order valence-electron chi connectivity index (χ3n) is 2.62. The van der Waals surface area contributed by atoms with Gasteiger partial charge in [-0.3, -0.25) is 0 Å². The maximum atomic E-state index is 10.8. The summed E-state index contributed by atoms with van der Waals surface area (Å²) in [5.74, 6) is -0.898. The quantitative estimate of drug-likeness (QED) is 0.756. The number of aryl methyl sites for hydroxylation is 1. The fourth-order valence-corrected chi connectivity index (χ4v) is 1.66. The second-order valence-electron chi connectivity index (χ2n) is 3.91. The highest BCUT2D eigenvalue weighted by Crippen LogP contribution is 2.17. The van der Waals surface area contributed by atoms with Crippen LogP contribution in [0.15, 0.2) is 36.7 Å². The van der Waals surface area contributed by atoms with Gasteiger partial charge in [0.1, 0.15) is 0 Å². The fraction of sp³-hybridized carbons (Fsp3) is 0.154. The molecule has 0 amide bonds. The number of carbonyl (C=O) groups is 1. The number of H-pyrrole nitrogens is 1. The van der Waals surface area contributed by atoms with Crippen molar-refractivity contribution in [3.05, 3.63) is 53.3 Å². The second-order valence-corrected chi connectivity index (χ2v) is 3.91. The third-order valence-corrected chi connectivity index (χ3v) is 2.62. The van der Waals surface area contributed by atoms with Crippen molar-refractivity contribution in [3.8, 4) is 0 Å². The monoisotopic (exact) mass is 230 g/mol. The molecule has 0 bridgehead atoms. The molecule has 0 aliphatic heterocycles. The first-order valence-corrected chi connectivity index (χ1v) is 5.36. The maximum absolute atomic E-state index is 10.8. The van der Waals surface area contributed by atoms with Crippen molar-refractivity contribution < 1.29 is 9.90 Å². The van der Waals surface area contributed by atoms with Crippen LogP contribution in [0.3, 0.4) is 0 Å². The molecular weight excluding hydrogens is 216 g/mol. The predicted molar refractivity (Wildman–Crippen MR) is 66.3 cm³/mol. The Morgan fingerprint density at radius 1 is 1.41 bits per heavy atom. The number of aromatic nitrogens is 1. The Bertz CT molecular complexity index is 518. The first-order valence-electron chi connectivity index (χ1n) is 5.36. The summed E-state index contributed by atoms with van der Waals surface area (Å²) in [6.45, 7) is 2.61. The molecular formula is C13H14N2O2. The van der Waals surface area contributed by atoms with Gasteiger partial charge >= 0.3 is 5.97 Å². The molecule has 1 aromatic heterocycles. The lowest BCUT2D eigenvalue weighted by Crippen LogP contribution is -2.02. The summed E-state index contributed by atoms with van der Waals surface area (Å²) in [5, 5.41) is 12.1. The van der Waals surface area contributed by atoms with E-state index in [9.17, 15) is 4.79 Å². The Hall–Kier alpha value is -2.23. The highest BCUT2D eigenvalue weighted by Gasteiger charge is 2.05. The van der Waals surface area contributed by atoms with Gasteiger partial charge in [-0.15, -0.1) is 0 Å². The first kappa shape index (κ1) is 11.3. The summed E-state index contributed by atoms with van der Waals surface area (Å²) in [6.07, 6.45) is 3.80. The zero-order valence-corrected chi connectivity index (χ0v) is 9.53. The molecule has 17 heavy (non-hydrogen) atoms. The van der Waals surface area contributed by atoms with Crippen LogP contribution in [0.5, 0.6) is 0 Å². The van der Waals surface area contributed by atoms with E-state index >= 15 is 0 Å². The molecule has 0 unspecified atom stereocenters. The molecule has 0 aliphatic carbocycles. The van der Waals surface area contributed by atoms with Gasteiger partial charge in [-0.1, -0.05) is 0 Å². The van der Waals surface area contributed by atoms with Crippen LogP contribution in [0.2, 0.25) is 0 Å². The van der Waals surface area contributed by atoms with E-state index < -0.39 is 5.97 Å². The zero-order valence-electron chi connectivity index (χ0n) is 9.53. The number of aromatic carboxylic acids is 1. The summed E-state index contributed by atoms with van der Waals surface area (Å²) >= 11 is 0. The molecule has 4 nitrogen and oxygen atoms in total. The highest BCUT2D eigenvalue weighted by atomic mass is 16.4. The van der Waals surface area contributed by atoms with Crippen LogP contribution < -0.4 is 5.32 Å². The van der Waals surface area contributed by atoms with Crippen molar-refractivity contribution in [3.63, 3.8) is 0 Å². The van der Waals surface area contributed by atoms with Gasteiger partial charge in [-0.05, 0) is 42.3 Å². The Balaban J connectivity index is 2.09. The predicted octanol–water partition coefficient (Wildman–Crippen LogP) is 2.63. The lowest BCUT2D eigenvalue weighted by molar-refractivity contribution is 0.0697. The van der Waals surface area contributed by atoms with Crippen LogP contribution in [0.1, 0.15) is 21.5 Å². The number of carboxylic acid groups (broad SMARTS) is 1. The molecule has 1 aromatic carbocycles. The lowest BCUT2D eigenvalue weighted by atomic mass is 10.1. The number of nitrogens with one attached hydrogen (secondary N) is 2. The standard InChI is InChI=1S/C13H14N2O2/c1-9-6-11(13(16)17)2-3-12(9)15-8-10-4-5-14-7-10/h2-7,14-15H,8H2,1H3,(H,16,17). The molecule has 0 fully saturated rings. The van der Waals surface area contributed by atoms with Crippen molar-refractivity contribution in [1.29, 1.82) is 0 Å².